The summed E-state index contributed by atoms with van der Waals surface area (Å²) in [6.07, 6.45) is 6.65. The SMILES string of the molecule is COC1=NC2CC=CCC12. The lowest BCUT2D eigenvalue weighted by atomic mass is 9.84. The van der Waals surface area contributed by atoms with Gasteiger partial charge in [-0.25, -0.2) is 0 Å². The minimum atomic E-state index is 0.542. The van der Waals surface area contributed by atoms with E-state index in [1.807, 2.05) is 0 Å². The zero-order chi connectivity index (χ0) is 6.97. The summed E-state index contributed by atoms with van der Waals surface area (Å²) in [4.78, 5) is 4.31. The van der Waals surface area contributed by atoms with Crippen molar-refractivity contribution in [3.05, 3.63) is 12.2 Å². The van der Waals surface area contributed by atoms with Crippen LogP contribution in [0.15, 0.2) is 17.1 Å². The molecule has 0 spiro atoms. The highest BCUT2D eigenvalue weighted by Gasteiger charge is 2.35. The largest absolute Gasteiger partial charge is 0.484 e. The lowest BCUT2D eigenvalue weighted by Gasteiger charge is -2.34. The maximum absolute atomic E-state index is 5.07. The Morgan fingerprint density at radius 3 is 3.00 bits per heavy atom. The Hall–Kier alpha value is -0.790. The first-order valence-corrected chi connectivity index (χ1v) is 3.68. The summed E-state index contributed by atoms with van der Waals surface area (Å²) in [7, 11) is 1.70. The number of nitrogens with zero attached hydrogens (tertiary/aromatic N) is 1. The Balaban J connectivity index is 2.09. The van der Waals surface area contributed by atoms with Crippen LogP contribution in [0.1, 0.15) is 12.8 Å². The summed E-state index contributed by atoms with van der Waals surface area (Å²) in [5, 5.41) is 0. The first-order valence-electron chi connectivity index (χ1n) is 3.68. The smallest absolute Gasteiger partial charge is 0.188 e. The standard InChI is InChI=1S/C8H11NO/c1-10-8-6-4-2-3-5-7(6)9-8/h2-3,6-7H,4-5H2,1H3. The van der Waals surface area contributed by atoms with Crippen molar-refractivity contribution in [3.63, 3.8) is 0 Å². The van der Waals surface area contributed by atoms with Crippen molar-refractivity contribution in [1.29, 1.82) is 0 Å². The zero-order valence-corrected chi connectivity index (χ0v) is 6.08. The second kappa shape index (κ2) is 2.11. The van der Waals surface area contributed by atoms with Gasteiger partial charge < -0.3 is 4.74 Å². The van der Waals surface area contributed by atoms with E-state index in [4.69, 9.17) is 4.74 Å². The van der Waals surface area contributed by atoms with Gasteiger partial charge in [0, 0.05) is 0 Å². The second-order valence-corrected chi connectivity index (χ2v) is 2.79. The number of ether oxygens (including phenoxy) is 1. The van der Waals surface area contributed by atoms with Crippen molar-refractivity contribution in [1.82, 2.24) is 0 Å². The molecule has 1 heterocycles. The monoisotopic (exact) mass is 137 g/mol. The van der Waals surface area contributed by atoms with Crippen LogP contribution in [0.3, 0.4) is 0 Å². The van der Waals surface area contributed by atoms with Crippen molar-refractivity contribution in [2.75, 3.05) is 7.11 Å². The normalized spacial score (nSPS) is 35.9. The second-order valence-electron chi connectivity index (χ2n) is 2.79. The molecule has 2 unspecified atom stereocenters. The molecule has 0 bridgehead atoms. The molecule has 0 N–H and O–H groups in total. The lowest BCUT2D eigenvalue weighted by molar-refractivity contribution is 0.300. The molecule has 0 aromatic carbocycles. The van der Waals surface area contributed by atoms with Gasteiger partial charge in [-0.2, -0.15) is 0 Å². The summed E-state index contributed by atoms with van der Waals surface area (Å²) < 4.78 is 5.07. The molecule has 0 saturated heterocycles. The molecule has 1 aliphatic heterocycles. The summed E-state index contributed by atoms with van der Waals surface area (Å²) in [5.41, 5.74) is 0. The predicted molar refractivity (Wildman–Crippen MR) is 40.1 cm³/mol. The van der Waals surface area contributed by atoms with Gasteiger partial charge in [0.05, 0.1) is 19.1 Å². The van der Waals surface area contributed by atoms with Crippen molar-refractivity contribution < 1.29 is 4.74 Å². The molecular weight excluding hydrogens is 126 g/mol. The van der Waals surface area contributed by atoms with Crippen molar-refractivity contribution in [2.45, 2.75) is 18.9 Å². The zero-order valence-electron chi connectivity index (χ0n) is 6.08. The number of aliphatic imine (C=N–C) groups is 1. The van der Waals surface area contributed by atoms with Crippen LogP contribution in [0, 0.1) is 5.92 Å². The van der Waals surface area contributed by atoms with Crippen LogP contribution < -0.4 is 0 Å². The van der Waals surface area contributed by atoms with E-state index in [1.165, 1.54) is 0 Å². The van der Waals surface area contributed by atoms with Gasteiger partial charge in [0.2, 0.25) is 0 Å². The maximum Gasteiger partial charge on any atom is 0.188 e. The van der Waals surface area contributed by atoms with Gasteiger partial charge in [-0.1, -0.05) is 12.2 Å². The van der Waals surface area contributed by atoms with E-state index >= 15 is 0 Å². The van der Waals surface area contributed by atoms with Crippen LogP contribution in [-0.2, 0) is 4.74 Å². The lowest BCUT2D eigenvalue weighted by Crippen LogP contribution is -2.39. The van der Waals surface area contributed by atoms with Crippen LogP contribution >= 0.6 is 0 Å². The average molecular weight is 137 g/mol. The third kappa shape index (κ3) is 0.681. The molecule has 0 aromatic rings. The van der Waals surface area contributed by atoms with E-state index in [2.05, 4.69) is 17.1 Å². The predicted octanol–water partition coefficient (Wildman–Crippen LogP) is 1.38. The number of hydrogen-bond donors (Lipinski definition) is 0. The molecule has 2 rings (SSSR count). The highest BCUT2D eigenvalue weighted by Crippen LogP contribution is 2.31. The third-order valence-corrected chi connectivity index (χ3v) is 2.22. The third-order valence-electron chi connectivity index (χ3n) is 2.22. The van der Waals surface area contributed by atoms with E-state index < -0.39 is 0 Å². The summed E-state index contributed by atoms with van der Waals surface area (Å²) in [6.45, 7) is 0. The Morgan fingerprint density at radius 2 is 2.30 bits per heavy atom. The van der Waals surface area contributed by atoms with Crippen LogP contribution in [0.25, 0.3) is 0 Å². The average Bonchev–Trinajstić information content (AvgIpc) is 1.92. The van der Waals surface area contributed by atoms with Crippen LogP contribution in [0.2, 0.25) is 0 Å². The molecule has 0 amide bonds. The van der Waals surface area contributed by atoms with Gasteiger partial charge in [0.25, 0.3) is 0 Å². The minimum Gasteiger partial charge on any atom is -0.484 e. The maximum atomic E-state index is 5.07. The van der Waals surface area contributed by atoms with E-state index in [9.17, 15) is 0 Å². The molecule has 1 aliphatic carbocycles. The number of methoxy groups -OCH3 is 1. The first kappa shape index (κ1) is 5.96. The van der Waals surface area contributed by atoms with Crippen LogP contribution in [0.5, 0.6) is 0 Å². The van der Waals surface area contributed by atoms with Gasteiger partial charge >= 0.3 is 0 Å². The van der Waals surface area contributed by atoms with Crippen LogP contribution in [-0.4, -0.2) is 19.0 Å². The number of rotatable bonds is 0. The fourth-order valence-corrected chi connectivity index (χ4v) is 1.59. The molecule has 0 aromatic heterocycles. The Kier molecular flexibility index (Phi) is 1.26. The molecule has 2 atom stereocenters. The summed E-state index contributed by atoms with van der Waals surface area (Å²) in [5.74, 6) is 1.56. The fourth-order valence-electron chi connectivity index (χ4n) is 1.59. The fraction of sp³-hybridized carbons (Fsp3) is 0.625. The van der Waals surface area contributed by atoms with Gasteiger partial charge in [-0.3, -0.25) is 4.99 Å². The molecule has 0 saturated carbocycles. The van der Waals surface area contributed by atoms with E-state index in [0.29, 0.717) is 12.0 Å². The molecular formula is C8H11NO. The number of fused-ring (bicyclic) bond motifs is 1. The summed E-state index contributed by atoms with van der Waals surface area (Å²) in [6, 6.07) is 0.542. The first-order chi connectivity index (χ1) is 4.92. The quantitative estimate of drug-likeness (QED) is 0.462. The van der Waals surface area contributed by atoms with E-state index in [-0.39, 0.29) is 0 Å². The number of allylic oxidation sites excluding steroid dienone is 1. The van der Waals surface area contributed by atoms with Crippen LogP contribution in [0.4, 0.5) is 0 Å². The van der Waals surface area contributed by atoms with Crippen molar-refractivity contribution >= 4 is 5.90 Å². The van der Waals surface area contributed by atoms with Crippen molar-refractivity contribution in [3.8, 4) is 0 Å². The molecule has 2 aliphatic rings. The van der Waals surface area contributed by atoms with Gasteiger partial charge in [-0.15, -0.1) is 0 Å². The molecule has 2 nitrogen and oxygen atoms in total. The molecule has 0 radical (unpaired) electrons. The van der Waals surface area contributed by atoms with E-state index in [0.717, 1.165) is 18.7 Å². The van der Waals surface area contributed by atoms with E-state index in [1.54, 1.807) is 7.11 Å². The molecule has 54 valence electrons. The molecule has 2 heteroatoms. The highest BCUT2D eigenvalue weighted by molar-refractivity contribution is 5.84. The van der Waals surface area contributed by atoms with Gasteiger partial charge in [0.1, 0.15) is 0 Å². The van der Waals surface area contributed by atoms with Gasteiger partial charge in [-0.05, 0) is 12.8 Å². The number of hydrogen-bond acceptors (Lipinski definition) is 2. The highest BCUT2D eigenvalue weighted by atomic mass is 16.5. The topological polar surface area (TPSA) is 21.6 Å². The Morgan fingerprint density at radius 1 is 1.50 bits per heavy atom. The molecule has 10 heavy (non-hydrogen) atoms. The minimum absolute atomic E-state index is 0.542. The summed E-state index contributed by atoms with van der Waals surface area (Å²) >= 11 is 0. The molecule has 0 fully saturated rings. The Labute approximate surface area is 60.6 Å². The van der Waals surface area contributed by atoms with Gasteiger partial charge in [0.15, 0.2) is 5.90 Å². The Bertz CT molecular complexity index is 195. The van der Waals surface area contributed by atoms with Crippen molar-refractivity contribution in [2.24, 2.45) is 10.9 Å².